The lowest BCUT2D eigenvalue weighted by atomic mass is 9.91. The molecule has 2 heterocycles. The van der Waals surface area contributed by atoms with E-state index >= 15 is 0 Å². The summed E-state index contributed by atoms with van der Waals surface area (Å²) in [4.78, 5) is 19.1. The molecule has 0 radical (unpaired) electrons. The van der Waals surface area contributed by atoms with Crippen LogP contribution in [0, 0.1) is 0 Å². The summed E-state index contributed by atoms with van der Waals surface area (Å²) in [5.74, 6) is -0.947. The third-order valence-electron chi connectivity index (χ3n) is 6.75. The lowest BCUT2D eigenvalue weighted by molar-refractivity contribution is 0.0698. The summed E-state index contributed by atoms with van der Waals surface area (Å²) in [5.41, 5.74) is 7.81. The topological polar surface area (TPSA) is 68.7 Å². The summed E-state index contributed by atoms with van der Waals surface area (Å²) in [6.45, 7) is 6.42. The first kappa shape index (κ1) is 27.1. The Kier molecular flexibility index (Phi) is 10.2. The molecular weight excluding hydrogens is 448 g/mol. The largest absolute Gasteiger partial charge is 0.478 e. The number of nitrogens with one attached hydrogen (secondary N) is 1. The fourth-order valence-corrected chi connectivity index (χ4v) is 4.72. The average Bonchev–Trinajstić information content (AvgIpc) is 3.49. The van der Waals surface area contributed by atoms with Crippen LogP contribution >= 0.6 is 0 Å². The number of aromatic carboxylic acids is 1. The molecular formula is C30H40N4O2. The molecule has 6 heteroatoms. The fourth-order valence-electron chi connectivity index (χ4n) is 4.72. The molecule has 1 saturated heterocycles. The van der Waals surface area contributed by atoms with Crippen LogP contribution in [0.3, 0.4) is 0 Å². The molecule has 2 N–H and O–H groups in total. The van der Waals surface area contributed by atoms with Crippen molar-refractivity contribution in [2.75, 3.05) is 42.3 Å². The minimum Gasteiger partial charge on any atom is -0.478 e. The second kappa shape index (κ2) is 13.5. The van der Waals surface area contributed by atoms with E-state index < -0.39 is 5.97 Å². The highest BCUT2D eigenvalue weighted by Gasteiger charge is 2.14. The molecule has 2 aromatic carbocycles. The summed E-state index contributed by atoms with van der Waals surface area (Å²) < 4.78 is 0. The van der Waals surface area contributed by atoms with Gasteiger partial charge in [0.15, 0.2) is 0 Å². The van der Waals surface area contributed by atoms with Crippen molar-refractivity contribution in [1.29, 1.82) is 0 Å². The zero-order valence-corrected chi connectivity index (χ0v) is 22.1. The first-order chi connectivity index (χ1) is 17.6. The summed E-state index contributed by atoms with van der Waals surface area (Å²) in [6, 6.07) is 17.5. The summed E-state index contributed by atoms with van der Waals surface area (Å²) in [6.07, 6.45) is 10.8. The second-order valence-corrected chi connectivity index (χ2v) is 8.91. The smallest absolute Gasteiger partial charge is 0.337 e. The number of anilines is 4. The molecule has 1 fully saturated rings. The van der Waals surface area contributed by atoms with E-state index in [1.54, 1.807) is 18.2 Å². The van der Waals surface area contributed by atoms with Crippen LogP contribution in [-0.4, -0.2) is 43.2 Å². The predicted octanol–water partition coefficient (Wildman–Crippen LogP) is 6.78. The van der Waals surface area contributed by atoms with E-state index in [0.717, 1.165) is 0 Å². The van der Waals surface area contributed by atoms with Gasteiger partial charge in [-0.25, -0.2) is 4.79 Å². The van der Waals surface area contributed by atoms with Crippen LogP contribution < -0.4 is 15.1 Å². The maximum Gasteiger partial charge on any atom is 0.337 e. The monoisotopic (exact) mass is 488 g/mol. The van der Waals surface area contributed by atoms with E-state index in [0.29, 0.717) is 5.69 Å². The quantitative estimate of drug-likeness (QED) is 0.412. The number of carbonyl (C=O) groups is 1. The molecule has 5 rings (SSSR count). The average molecular weight is 489 g/mol. The number of benzene rings is 2. The van der Waals surface area contributed by atoms with Gasteiger partial charge in [0.05, 0.1) is 17.4 Å². The highest BCUT2D eigenvalue weighted by molar-refractivity contribution is 5.93. The van der Waals surface area contributed by atoms with Gasteiger partial charge in [0, 0.05) is 50.4 Å². The Morgan fingerprint density at radius 3 is 2.17 bits per heavy atom. The number of carboxylic acid groups (broad SMARTS) is 1. The van der Waals surface area contributed by atoms with Gasteiger partial charge in [0.25, 0.3) is 0 Å². The highest BCUT2D eigenvalue weighted by atomic mass is 16.4. The zero-order valence-electron chi connectivity index (χ0n) is 22.1. The molecule has 0 saturated carbocycles. The Hall–Kier alpha value is -3.54. The van der Waals surface area contributed by atoms with Gasteiger partial charge in [-0.2, -0.15) is 0 Å². The predicted molar refractivity (Wildman–Crippen MR) is 151 cm³/mol. The number of rotatable bonds is 5. The third kappa shape index (κ3) is 6.78. The molecule has 3 aromatic rings. The van der Waals surface area contributed by atoms with Gasteiger partial charge in [-0.15, -0.1) is 0 Å². The molecule has 0 atom stereocenters. The van der Waals surface area contributed by atoms with E-state index in [4.69, 9.17) is 5.11 Å². The minimum absolute atomic E-state index is 0.238. The van der Waals surface area contributed by atoms with Crippen molar-refractivity contribution in [3.8, 4) is 0 Å². The van der Waals surface area contributed by atoms with Gasteiger partial charge in [-0.3, -0.25) is 4.98 Å². The molecule has 2 aliphatic rings. The summed E-state index contributed by atoms with van der Waals surface area (Å²) >= 11 is 0. The Labute approximate surface area is 216 Å². The van der Waals surface area contributed by atoms with Crippen molar-refractivity contribution in [2.24, 2.45) is 0 Å². The SMILES string of the molecule is CC.CN(c1ccc(N2CCCC2)cc1)c1ccc2c(c1)CCCC2.CNc1cnccc1C(=O)O. The van der Waals surface area contributed by atoms with Gasteiger partial charge >= 0.3 is 5.97 Å². The van der Waals surface area contributed by atoms with Crippen molar-refractivity contribution in [2.45, 2.75) is 52.4 Å². The molecule has 1 aromatic heterocycles. The number of fused-ring (bicyclic) bond motifs is 1. The Bertz CT molecular complexity index is 1110. The fraction of sp³-hybridized carbons (Fsp3) is 0.400. The highest BCUT2D eigenvalue weighted by Crippen LogP contribution is 2.31. The van der Waals surface area contributed by atoms with E-state index in [-0.39, 0.29) is 5.56 Å². The van der Waals surface area contributed by atoms with Crippen molar-refractivity contribution < 1.29 is 9.90 Å². The van der Waals surface area contributed by atoms with E-state index in [1.807, 2.05) is 13.8 Å². The van der Waals surface area contributed by atoms with Gasteiger partial charge in [-0.1, -0.05) is 19.9 Å². The van der Waals surface area contributed by atoms with Gasteiger partial charge < -0.3 is 20.2 Å². The number of hydrogen-bond acceptors (Lipinski definition) is 5. The lowest BCUT2D eigenvalue weighted by Gasteiger charge is -2.24. The molecule has 0 amide bonds. The van der Waals surface area contributed by atoms with Gasteiger partial charge in [0.1, 0.15) is 0 Å². The van der Waals surface area contributed by atoms with E-state index in [9.17, 15) is 4.79 Å². The van der Waals surface area contributed by atoms with Gasteiger partial charge in [0.2, 0.25) is 0 Å². The second-order valence-electron chi connectivity index (χ2n) is 8.91. The van der Waals surface area contributed by atoms with Crippen molar-refractivity contribution in [3.63, 3.8) is 0 Å². The maximum atomic E-state index is 10.5. The van der Waals surface area contributed by atoms with Gasteiger partial charge in [-0.05, 0) is 92.1 Å². The molecule has 0 spiro atoms. The van der Waals surface area contributed by atoms with Crippen LogP contribution in [0.25, 0.3) is 0 Å². The Morgan fingerprint density at radius 1 is 0.917 bits per heavy atom. The molecule has 0 bridgehead atoms. The standard InChI is InChI=1S/C21H26N2.C7H8N2O2.C2H6/c1-22(21-9-8-17-6-2-3-7-18(17)16-21)19-10-12-20(13-11-19)23-14-4-5-15-23;1-8-6-4-9-3-2-5(6)7(10)11;1-2/h8-13,16H,2-7,14-15H2,1H3;2-4,8H,1H3,(H,10,11);1-2H3. The first-order valence-corrected chi connectivity index (χ1v) is 13.1. The number of carboxylic acids is 1. The van der Waals surface area contributed by atoms with Crippen LogP contribution in [0.4, 0.5) is 22.7 Å². The van der Waals surface area contributed by atoms with Crippen molar-refractivity contribution >= 4 is 28.7 Å². The number of aryl methyl sites for hydroxylation is 2. The third-order valence-corrected chi connectivity index (χ3v) is 6.75. The number of aromatic nitrogens is 1. The van der Waals surface area contributed by atoms with Crippen LogP contribution in [0.1, 0.15) is 61.0 Å². The van der Waals surface area contributed by atoms with Crippen molar-refractivity contribution in [1.82, 2.24) is 4.98 Å². The van der Waals surface area contributed by atoms with Crippen LogP contribution in [0.5, 0.6) is 0 Å². The number of hydrogen-bond donors (Lipinski definition) is 2. The van der Waals surface area contributed by atoms with E-state index in [1.165, 1.54) is 87.1 Å². The van der Waals surface area contributed by atoms with Crippen LogP contribution in [-0.2, 0) is 12.8 Å². The van der Waals surface area contributed by atoms with Crippen LogP contribution in [0.2, 0.25) is 0 Å². The molecule has 0 unspecified atom stereocenters. The lowest BCUT2D eigenvalue weighted by Crippen LogP contribution is -2.17. The normalized spacial score (nSPS) is 13.9. The maximum absolute atomic E-state index is 10.5. The summed E-state index contributed by atoms with van der Waals surface area (Å²) in [7, 11) is 3.83. The Balaban J connectivity index is 0.000000235. The molecule has 1 aliphatic heterocycles. The molecule has 192 valence electrons. The number of nitrogens with zero attached hydrogens (tertiary/aromatic N) is 3. The zero-order chi connectivity index (χ0) is 25.9. The minimum atomic E-state index is -0.947. The Morgan fingerprint density at radius 2 is 1.56 bits per heavy atom. The number of pyridine rings is 1. The molecule has 1 aliphatic carbocycles. The van der Waals surface area contributed by atoms with Crippen molar-refractivity contribution in [3.05, 3.63) is 77.6 Å². The van der Waals surface area contributed by atoms with E-state index in [2.05, 4.69) is 69.6 Å². The first-order valence-electron chi connectivity index (χ1n) is 13.1. The van der Waals surface area contributed by atoms with Crippen LogP contribution in [0.15, 0.2) is 60.9 Å². The molecule has 36 heavy (non-hydrogen) atoms. The summed E-state index contributed by atoms with van der Waals surface area (Å²) in [5, 5.41) is 11.4. The molecule has 6 nitrogen and oxygen atoms in total.